The summed E-state index contributed by atoms with van der Waals surface area (Å²) in [4.78, 5) is 12.6. The van der Waals surface area contributed by atoms with Crippen molar-refractivity contribution in [2.75, 3.05) is 39.4 Å². The topological polar surface area (TPSA) is 237 Å². The van der Waals surface area contributed by atoms with E-state index in [2.05, 4.69) is 10.6 Å². The van der Waals surface area contributed by atoms with E-state index in [9.17, 15) is 25.2 Å². The lowest BCUT2D eigenvalue weighted by Gasteiger charge is -2.45. The summed E-state index contributed by atoms with van der Waals surface area (Å²) in [5, 5.41) is 47.1. The summed E-state index contributed by atoms with van der Waals surface area (Å²) in [6.45, 7) is 3.28. The largest absolute Gasteiger partial charge is 0.468 e. The second-order valence-corrected chi connectivity index (χ2v) is 9.85. The number of carbonyl (C=O) groups is 1. The average Bonchev–Trinajstić information content (AvgIpc) is 2.92. The minimum atomic E-state index is -1.35. The molecule has 0 aromatic heterocycles. The second kappa shape index (κ2) is 18.1. The second-order valence-electron chi connectivity index (χ2n) is 9.85. The molecule has 1 heterocycles. The quantitative estimate of drug-likeness (QED) is 0.0602. The normalized spacial score (nSPS) is 29.7. The molecule has 0 aromatic carbocycles. The highest BCUT2D eigenvalue weighted by molar-refractivity contribution is 5.80. The summed E-state index contributed by atoms with van der Waals surface area (Å²) in [6, 6.07) is -1.56. The van der Waals surface area contributed by atoms with Gasteiger partial charge < -0.3 is 67.2 Å². The summed E-state index contributed by atoms with van der Waals surface area (Å²) < 4.78 is 23.6. The Labute approximate surface area is 230 Å². The predicted octanol–water partition coefficient (Wildman–Crippen LogP) is -2.89. The molecule has 1 aliphatic carbocycles. The number of carbonyl (C=O) groups excluding carboxylic acids is 1. The number of aliphatic hydroxyl groups excluding tert-OH is 4. The molecule has 1 aliphatic heterocycles. The molecule has 0 aromatic rings. The molecule has 2 rings (SSSR count). The van der Waals surface area contributed by atoms with Crippen molar-refractivity contribution in [1.82, 2.24) is 10.6 Å². The number of hydrogen-bond acceptors (Lipinski definition) is 13. The summed E-state index contributed by atoms with van der Waals surface area (Å²) in [7, 11) is 0. The van der Waals surface area contributed by atoms with Gasteiger partial charge in [0, 0.05) is 12.5 Å². The van der Waals surface area contributed by atoms with Gasteiger partial charge >= 0.3 is 0 Å². The van der Waals surface area contributed by atoms with Crippen molar-refractivity contribution in [2.24, 2.45) is 17.2 Å². The number of ether oxygens (including phenoxy) is 4. The lowest BCUT2D eigenvalue weighted by Crippen LogP contribution is -2.66. The number of aliphatic hydroxyl groups is 4. The summed E-state index contributed by atoms with van der Waals surface area (Å²) >= 11 is 0. The molecule has 39 heavy (non-hydrogen) atoms. The number of rotatable bonds is 18. The van der Waals surface area contributed by atoms with E-state index in [1.165, 1.54) is 0 Å². The molecule has 14 heteroatoms. The van der Waals surface area contributed by atoms with Crippen LogP contribution in [0.1, 0.15) is 45.4 Å². The Morgan fingerprint density at radius 2 is 2.03 bits per heavy atom. The molecular weight excluding hydrogens is 514 g/mol. The molecule has 0 spiro atoms. The van der Waals surface area contributed by atoms with E-state index in [1.54, 1.807) is 6.92 Å². The number of hydrogen-bond donors (Lipinski definition) is 9. The predicted molar refractivity (Wildman–Crippen MR) is 142 cm³/mol. The van der Waals surface area contributed by atoms with Gasteiger partial charge in [0.05, 0.1) is 25.8 Å². The van der Waals surface area contributed by atoms with Crippen LogP contribution in [0.4, 0.5) is 0 Å². The van der Waals surface area contributed by atoms with Gasteiger partial charge in [0.1, 0.15) is 36.3 Å². The van der Waals surface area contributed by atoms with Crippen molar-refractivity contribution >= 4 is 5.91 Å². The fourth-order valence-electron chi connectivity index (χ4n) is 4.54. The fraction of sp³-hybridized carbons (Fsp3) is 0.880. The van der Waals surface area contributed by atoms with E-state index in [-0.39, 0.29) is 39.0 Å². The SMILES string of the molecule is CC[C@@H](O)[C@H](OCCO)O[C@@H]1[C@@H](O)[C@H](O[C@@H]2CCC=C(CNCCCN)O2)[C@@H](N)C[C@H]1NC(=O)[C@H](O)CCN. The van der Waals surface area contributed by atoms with Gasteiger partial charge in [-0.15, -0.1) is 0 Å². The third kappa shape index (κ3) is 10.8. The molecule has 1 amide bonds. The van der Waals surface area contributed by atoms with Crippen molar-refractivity contribution in [1.29, 1.82) is 0 Å². The zero-order valence-corrected chi connectivity index (χ0v) is 22.8. The van der Waals surface area contributed by atoms with Crippen LogP contribution in [0.25, 0.3) is 0 Å². The Morgan fingerprint density at radius 3 is 2.69 bits per heavy atom. The Hall–Kier alpha value is -1.43. The van der Waals surface area contributed by atoms with E-state index < -0.39 is 61.1 Å². The highest BCUT2D eigenvalue weighted by atomic mass is 16.7. The monoisotopic (exact) mass is 563 g/mol. The Bertz CT molecular complexity index is 734. The Morgan fingerprint density at radius 1 is 1.26 bits per heavy atom. The van der Waals surface area contributed by atoms with Crippen LogP contribution in [0.15, 0.2) is 11.8 Å². The smallest absolute Gasteiger partial charge is 0.249 e. The first-order chi connectivity index (χ1) is 18.7. The molecule has 14 nitrogen and oxygen atoms in total. The maximum atomic E-state index is 12.6. The number of amides is 1. The van der Waals surface area contributed by atoms with Gasteiger partial charge in [-0.05, 0) is 57.8 Å². The van der Waals surface area contributed by atoms with Gasteiger partial charge in [-0.1, -0.05) is 6.92 Å². The standard InChI is InChI=1S/C25H49N5O9/c1-2-18(32)25(36-12-11-31)39-23-17(30-24(35)19(33)7-9-27)13-16(28)22(21(23)34)38-20-6-3-5-15(37-20)14-29-10-4-8-26/h5,16-23,25,29,31-34H,2-4,6-14,26-28H2,1H3,(H,30,35)/t16-,17+,18+,19+,20+,21-,22+,23-,25+/m0/s1. The zero-order valence-electron chi connectivity index (χ0n) is 22.8. The summed E-state index contributed by atoms with van der Waals surface area (Å²) in [6.07, 6.45) is -3.13. The first-order valence-corrected chi connectivity index (χ1v) is 13.9. The molecule has 12 N–H and O–H groups in total. The first kappa shape index (κ1) is 33.8. The number of nitrogens with two attached hydrogens (primary N) is 3. The van der Waals surface area contributed by atoms with Gasteiger partial charge in [-0.25, -0.2) is 0 Å². The maximum Gasteiger partial charge on any atom is 0.249 e. The molecule has 0 saturated heterocycles. The van der Waals surface area contributed by atoms with E-state index >= 15 is 0 Å². The van der Waals surface area contributed by atoms with Crippen LogP contribution in [-0.4, -0.2) is 121 Å². The molecular formula is C25H49N5O9. The molecule has 0 unspecified atom stereocenters. The maximum absolute atomic E-state index is 12.6. The minimum Gasteiger partial charge on any atom is -0.468 e. The van der Waals surface area contributed by atoms with Crippen molar-refractivity contribution in [3.05, 3.63) is 11.8 Å². The molecule has 228 valence electrons. The lowest BCUT2D eigenvalue weighted by atomic mass is 9.83. The van der Waals surface area contributed by atoms with Crippen LogP contribution >= 0.6 is 0 Å². The summed E-state index contributed by atoms with van der Waals surface area (Å²) in [5.74, 6) is 0.0340. The van der Waals surface area contributed by atoms with Crippen LogP contribution in [0.3, 0.4) is 0 Å². The third-order valence-electron chi connectivity index (χ3n) is 6.71. The lowest BCUT2D eigenvalue weighted by molar-refractivity contribution is -0.269. The van der Waals surface area contributed by atoms with Crippen molar-refractivity contribution < 1.29 is 44.2 Å². The van der Waals surface area contributed by atoms with Crippen LogP contribution < -0.4 is 27.8 Å². The van der Waals surface area contributed by atoms with Crippen molar-refractivity contribution in [3.63, 3.8) is 0 Å². The van der Waals surface area contributed by atoms with Gasteiger partial charge in [-0.2, -0.15) is 0 Å². The molecule has 2 aliphatic rings. The average molecular weight is 564 g/mol. The minimum absolute atomic E-state index is 0.0527. The first-order valence-electron chi connectivity index (χ1n) is 13.9. The number of nitrogens with one attached hydrogen (secondary N) is 2. The Kier molecular flexibility index (Phi) is 15.7. The van der Waals surface area contributed by atoms with Crippen LogP contribution in [0.5, 0.6) is 0 Å². The summed E-state index contributed by atoms with van der Waals surface area (Å²) in [5.41, 5.74) is 17.4. The van der Waals surface area contributed by atoms with E-state index in [4.69, 9.17) is 36.1 Å². The van der Waals surface area contributed by atoms with Crippen LogP contribution in [0.2, 0.25) is 0 Å². The highest BCUT2D eigenvalue weighted by Crippen LogP contribution is 2.30. The van der Waals surface area contributed by atoms with E-state index in [1.807, 2.05) is 6.08 Å². The molecule has 1 saturated carbocycles. The van der Waals surface area contributed by atoms with Gasteiger partial charge in [0.25, 0.3) is 0 Å². The molecule has 1 fully saturated rings. The van der Waals surface area contributed by atoms with E-state index in [0.29, 0.717) is 25.9 Å². The Balaban J connectivity index is 2.16. The molecule has 0 radical (unpaired) electrons. The molecule has 9 atom stereocenters. The van der Waals surface area contributed by atoms with Crippen LogP contribution in [-0.2, 0) is 23.7 Å². The van der Waals surface area contributed by atoms with Gasteiger partial charge in [0.2, 0.25) is 5.91 Å². The van der Waals surface area contributed by atoms with E-state index in [0.717, 1.165) is 18.7 Å². The number of allylic oxidation sites excluding steroid dienone is 1. The fourth-order valence-corrected chi connectivity index (χ4v) is 4.54. The van der Waals surface area contributed by atoms with Crippen molar-refractivity contribution in [2.45, 2.75) is 101 Å². The van der Waals surface area contributed by atoms with Gasteiger partial charge in [-0.3, -0.25) is 4.79 Å². The van der Waals surface area contributed by atoms with Crippen molar-refractivity contribution in [3.8, 4) is 0 Å². The zero-order chi connectivity index (χ0) is 28.8. The highest BCUT2D eigenvalue weighted by Gasteiger charge is 2.48. The van der Waals surface area contributed by atoms with Crippen LogP contribution in [0, 0.1) is 0 Å². The van der Waals surface area contributed by atoms with Gasteiger partial charge in [0.15, 0.2) is 12.6 Å². The third-order valence-corrected chi connectivity index (χ3v) is 6.71. The molecule has 0 bridgehead atoms.